The van der Waals surface area contributed by atoms with Gasteiger partial charge < -0.3 is 4.74 Å². The van der Waals surface area contributed by atoms with E-state index in [4.69, 9.17) is 4.74 Å². The van der Waals surface area contributed by atoms with E-state index >= 15 is 0 Å². The monoisotopic (exact) mass is 463 g/mol. The van der Waals surface area contributed by atoms with Crippen LogP contribution in [0.5, 0.6) is 0 Å². The van der Waals surface area contributed by atoms with E-state index in [1.165, 1.54) is 31.1 Å². The molecule has 168 valence electrons. The molecule has 33 heavy (non-hydrogen) atoms. The summed E-state index contributed by atoms with van der Waals surface area (Å²) >= 11 is 1.39. The molecule has 4 rings (SSSR count). The van der Waals surface area contributed by atoms with Gasteiger partial charge in [-0.15, -0.1) is 5.10 Å². The molecule has 0 spiro atoms. The second-order valence-corrected chi connectivity index (χ2v) is 8.14. The summed E-state index contributed by atoms with van der Waals surface area (Å²) in [5.41, 5.74) is 2.92. The van der Waals surface area contributed by atoms with Crippen molar-refractivity contribution in [2.45, 2.75) is 37.8 Å². The number of fused-ring (bicyclic) bond motifs is 1. The molecule has 1 N–H and O–H groups in total. The normalized spacial score (nSPS) is 11.8. The largest absolute Gasteiger partial charge is 0.449 e. The van der Waals surface area contributed by atoms with Crippen molar-refractivity contribution in [3.05, 3.63) is 71.3 Å². The minimum Gasteiger partial charge on any atom is -0.449 e. The number of hydrogen-bond donors (Lipinski definition) is 1. The minimum absolute atomic E-state index is 0.141. The topological polar surface area (TPSA) is 124 Å². The van der Waals surface area contributed by atoms with Gasteiger partial charge in [-0.3, -0.25) is 10.1 Å². The number of benzene rings is 1. The first-order valence-corrected chi connectivity index (χ1v) is 11.1. The smallest absolute Gasteiger partial charge is 0.339 e. The average molecular weight is 464 g/mol. The fourth-order valence-electron chi connectivity index (χ4n) is 3.05. The number of nitrogens with zero attached hydrogens (tertiary/aromatic N) is 6. The molecule has 0 aliphatic rings. The number of aryl methyl sites for hydroxylation is 2. The van der Waals surface area contributed by atoms with Crippen molar-refractivity contribution < 1.29 is 14.3 Å². The summed E-state index contributed by atoms with van der Waals surface area (Å²) in [6.07, 6.45) is 1.98. The Balaban J connectivity index is 1.43. The zero-order chi connectivity index (χ0) is 23.4. The van der Waals surface area contributed by atoms with Crippen LogP contribution in [-0.2, 0) is 15.3 Å². The van der Waals surface area contributed by atoms with Crippen molar-refractivity contribution in [3.63, 3.8) is 0 Å². The number of carbonyl (C=O) groups is 2. The third-order valence-electron chi connectivity index (χ3n) is 4.65. The van der Waals surface area contributed by atoms with Gasteiger partial charge in [0.2, 0.25) is 11.1 Å². The van der Waals surface area contributed by atoms with Gasteiger partial charge in [0, 0.05) is 29.5 Å². The van der Waals surface area contributed by atoms with E-state index in [0.29, 0.717) is 22.3 Å². The number of anilines is 1. The van der Waals surface area contributed by atoms with Crippen molar-refractivity contribution in [1.29, 1.82) is 0 Å². The standard InChI is InChI=1S/C22H21N7O3S/c1-13-11-14(2)29-21(25-13)27-22(28-29)33-12-16-7-4-5-8-17(16)19(31)32-15(3)18(30)26-20-23-9-6-10-24-20/h4-11,15H,12H2,1-3H3,(H,23,24,26,30). The fourth-order valence-corrected chi connectivity index (χ4v) is 3.87. The summed E-state index contributed by atoms with van der Waals surface area (Å²) in [5, 5.41) is 7.54. The van der Waals surface area contributed by atoms with Crippen molar-refractivity contribution in [2.75, 3.05) is 5.32 Å². The predicted octanol–water partition coefficient (Wildman–Crippen LogP) is 3.01. The number of carbonyl (C=O) groups excluding carboxylic acids is 2. The number of esters is 1. The first-order valence-electron chi connectivity index (χ1n) is 10.1. The molecule has 10 nitrogen and oxygen atoms in total. The van der Waals surface area contributed by atoms with Gasteiger partial charge in [0.1, 0.15) is 0 Å². The molecule has 3 heterocycles. The lowest BCUT2D eigenvalue weighted by Gasteiger charge is -2.14. The van der Waals surface area contributed by atoms with E-state index in [9.17, 15) is 9.59 Å². The van der Waals surface area contributed by atoms with Crippen LogP contribution in [0.25, 0.3) is 5.78 Å². The van der Waals surface area contributed by atoms with Crippen LogP contribution in [-0.4, -0.2) is 47.5 Å². The Bertz CT molecular complexity index is 1310. The second kappa shape index (κ2) is 9.74. The molecule has 1 aromatic carbocycles. The summed E-state index contributed by atoms with van der Waals surface area (Å²) in [7, 11) is 0. The maximum absolute atomic E-state index is 12.8. The van der Waals surface area contributed by atoms with E-state index in [0.717, 1.165) is 17.0 Å². The summed E-state index contributed by atoms with van der Waals surface area (Å²) in [6, 6.07) is 10.6. The highest BCUT2D eigenvalue weighted by molar-refractivity contribution is 7.98. The lowest BCUT2D eigenvalue weighted by atomic mass is 10.1. The molecule has 0 bridgehead atoms. The molecular formula is C22H21N7O3S. The van der Waals surface area contributed by atoms with Crippen LogP contribution in [0.15, 0.2) is 53.9 Å². The molecule has 0 aliphatic heterocycles. The molecule has 1 unspecified atom stereocenters. The first-order chi connectivity index (χ1) is 15.9. The van der Waals surface area contributed by atoms with Crippen molar-refractivity contribution in [3.8, 4) is 0 Å². The Hall–Kier alpha value is -3.86. The Kier molecular flexibility index (Phi) is 6.59. The van der Waals surface area contributed by atoms with Gasteiger partial charge >= 0.3 is 5.97 Å². The predicted molar refractivity (Wildman–Crippen MR) is 122 cm³/mol. The van der Waals surface area contributed by atoms with Crippen LogP contribution >= 0.6 is 11.8 Å². The Morgan fingerprint density at radius 2 is 1.88 bits per heavy atom. The van der Waals surface area contributed by atoms with Crippen molar-refractivity contribution in [2.24, 2.45) is 0 Å². The molecule has 1 amide bonds. The molecule has 0 radical (unpaired) electrons. The third-order valence-corrected chi connectivity index (χ3v) is 5.53. The van der Waals surface area contributed by atoms with E-state index in [2.05, 4.69) is 30.4 Å². The lowest BCUT2D eigenvalue weighted by molar-refractivity contribution is -0.123. The molecule has 1 atom stereocenters. The molecule has 0 fully saturated rings. The summed E-state index contributed by atoms with van der Waals surface area (Å²) in [5.74, 6) is -0.00193. The van der Waals surface area contributed by atoms with Gasteiger partial charge in [-0.25, -0.2) is 24.3 Å². The number of nitrogens with one attached hydrogen (secondary N) is 1. The molecule has 0 aliphatic carbocycles. The van der Waals surface area contributed by atoms with Gasteiger partial charge in [-0.2, -0.15) is 4.98 Å². The number of ether oxygens (including phenoxy) is 1. The highest BCUT2D eigenvalue weighted by Gasteiger charge is 2.21. The highest BCUT2D eigenvalue weighted by Crippen LogP contribution is 2.23. The summed E-state index contributed by atoms with van der Waals surface area (Å²) in [6.45, 7) is 5.34. The summed E-state index contributed by atoms with van der Waals surface area (Å²) in [4.78, 5) is 41.8. The van der Waals surface area contributed by atoms with Gasteiger partial charge in [-0.1, -0.05) is 30.0 Å². The minimum atomic E-state index is -1.03. The van der Waals surface area contributed by atoms with Gasteiger partial charge in [0.25, 0.3) is 11.7 Å². The third kappa shape index (κ3) is 5.32. The SMILES string of the molecule is Cc1cc(C)n2nc(SCc3ccccc3C(=O)OC(C)C(=O)Nc3ncccn3)nc2n1. The van der Waals surface area contributed by atoms with Crippen LogP contribution in [0.1, 0.15) is 34.2 Å². The maximum atomic E-state index is 12.8. The van der Waals surface area contributed by atoms with Gasteiger partial charge in [0.15, 0.2) is 6.10 Å². The number of aromatic nitrogens is 6. The molecule has 4 aromatic rings. The fraction of sp³-hybridized carbons (Fsp3) is 0.227. The first kappa shape index (κ1) is 22.3. The van der Waals surface area contributed by atoms with E-state index in [1.54, 1.807) is 22.7 Å². The summed E-state index contributed by atoms with van der Waals surface area (Å²) < 4.78 is 7.07. The van der Waals surface area contributed by atoms with Crippen molar-refractivity contribution in [1.82, 2.24) is 29.5 Å². The second-order valence-electron chi connectivity index (χ2n) is 7.20. The van der Waals surface area contributed by atoms with E-state index in [1.807, 2.05) is 32.0 Å². The average Bonchev–Trinajstić information content (AvgIpc) is 3.21. The van der Waals surface area contributed by atoms with Crippen LogP contribution in [0.4, 0.5) is 5.95 Å². The Morgan fingerprint density at radius 1 is 1.12 bits per heavy atom. The van der Waals surface area contributed by atoms with Crippen LogP contribution in [0.3, 0.4) is 0 Å². The molecule has 0 saturated heterocycles. The highest BCUT2D eigenvalue weighted by atomic mass is 32.2. The maximum Gasteiger partial charge on any atom is 0.339 e. The zero-order valence-corrected chi connectivity index (χ0v) is 19.0. The van der Waals surface area contributed by atoms with Crippen LogP contribution < -0.4 is 5.32 Å². The molecule has 0 saturated carbocycles. The lowest BCUT2D eigenvalue weighted by Crippen LogP contribution is -2.30. The van der Waals surface area contributed by atoms with Gasteiger partial charge in [-0.05, 0) is 44.5 Å². The molecule has 3 aromatic heterocycles. The van der Waals surface area contributed by atoms with Crippen LogP contribution in [0.2, 0.25) is 0 Å². The van der Waals surface area contributed by atoms with E-state index in [-0.39, 0.29) is 5.95 Å². The Labute approximate surface area is 193 Å². The van der Waals surface area contributed by atoms with Gasteiger partial charge in [0.05, 0.1) is 5.56 Å². The quantitative estimate of drug-likeness (QED) is 0.325. The van der Waals surface area contributed by atoms with E-state index < -0.39 is 18.0 Å². The Morgan fingerprint density at radius 3 is 2.67 bits per heavy atom. The molecule has 11 heteroatoms. The zero-order valence-electron chi connectivity index (χ0n) is 18.2. The number of hydrogen-bond acceptors (Lipinski definition) is 9. The number of thioether (sulfide) groups is 1. The van der Waals surface area contributed by atoms with Crippen molar-refractivity contribution >= 4 is 35.4 Å². The number of amides is 1. The van der Waals surface area contributed by atoms with Crippen LogP contribution in [0, 0.1) is 13.8 Å². The number of rotatable bonds is 7. The molecular weight excluding hydrogens is 442 g/mol.